The Labute approximate surface area is 118 Å². The molecule has 1 aromatic heterocycles. The van der Waals surface area contributed by atoms with Crippen LogP contribution in [-0.4, -0.2) is 32.6 Å². The molecule has 1 heterocycles. The molecule has 0 atom stereocenters. The second-order valence-corrected chi connectivity index (χ2v) is 4.47. The zero-order valence-electron chi connectivity index (χ0n) is 11.7. The van der Waals surface area contributed by atoms with E-state index in [0.29, 0.717) is 6.54 Å². The predicted octanol–water partition coefficient (Wildman–Crippen LogP) is 1.97. The minimum Gasteiger partial charge on any atom is -0.335 e. The molecule has 0 fully saturated rings. The summed E-state index contributed by atoms with van der Waals surface area (Å²) in [6, 6.07) is 9.74. The van der Waals surface area contributed by atoms with Crippen molar-refractivity contribution in [1.82, 2.24) is 19.7 Å². The molecular weight excluding hydrogens is 252 g/mol. The van der Waals surface area contributed by atoms with Crippen molar-refractivity contribution in [2.45, 2.75) is 20.0 Å². The van der Waals surface area contributed by atoms with Crippen molar-refractivity contribution in [2.75, 3.05) is 7.05 Å². The second-order valence-electron chi connectivity index (χ2n) is 4.47. The zero-order chi connectivity index (χ0) is 14.4. The fourth-order valence-electron chi connectivity index (χ4n) is 1.81. The van der Waals surface area contributed by atoms with Gasteiger partial charge in [0, 0.05) is 19.7 Å². The number of aromatic nitrogens is 3. The van der Waals surface area contributed by atoms with Crippen molar-refractivity contribution >= 4 is 12.0 Å². The molecule has 0 aliphatic heterocycles. The van der Waals surface area contributed by atoms with E-state index in [1.54, 1.807) is 24.4 Å². The third kappa shape index (κ3) is 3.54. The van der Waals surface area contributed by atoms with Crippen LogP contribution in [0.3, 0.4) is 0 Å². The summed E-state index contributed by atoms with van der Waals surface area (Å²) >= 11 is 0. The van der Waals surface area contributed by atoms with E-state index in [9.17, 15) is 4.79 Å². The lowest BCUT2D eigenvalue weighted by atomic mass is 10.2. The van der Waals surface area contributed by atoms with Gasteiger partial charge in [0.2, 0.25) is 5.91 Å². The minimum absolute atomic E-state index is 0.0560. The Morgan fingerprint density at radius 3 is 2.80 bits per heavy atom. The molecule has 2 rings (SSSR count). The Bertz CT molecular complexity index is 589. The highest BCUT2D eigenvalue weighted by Crippen LogP contribution is 2.04. The van der Waals surface area contributed by atoms with Crippen molar-refractivity contribution in [3.63, 3.8) is 0 Å². The molecule has 2 aromatic rings. The van der Waals surface area contributed by atoms with Crippen molar-refractivity contribution in [3.05, 3.63) is 54.1 Å². The quantitative estimate of drug-likeness (QED) is 0.780. The third-order valence-electron chi connectivity index (χ3n) is 3.01. The molecule has 0 aliphatic carbocycles. The number of benzene rings is 1. The van der Waals surface area contributed by atoms with E-state index in [1.165, 1.54) is 0 Å². The molecular formula is C15H18N4O. The van der Waals surface area contributed by atoms with Crippen molar-refractivity contribution in [2.24, 2.45) is 0 Å². The SMILES string of the molecule is CCn1cnnc1CN(C)C(=O)C=Cc1ccccc1. The minimum atomic E-state index is -0.0560. The maximum atomic E-state index is 12.0. The van der Waals surface area contributed by atoms with Crippen LogP contribution >= 0.6 is 0 Å². The van der Waals surface area contributed by atoms with Crippen molar-refractivity contribution in [1.29, 1.82) is 0 Å². The molecule has 0 saturated carbocycles. The molecule has 0 spiro atoms. The van der Waals surface area contributed by atoms with Crippen LogP contribution in [0.15, 0.2) is 42.7 Å². The maximum absolute atomic E-state index is 12.0. The summed E-state index contributed by atoms with van der Waals surface area (Å²) in [4.78, 5) is 13.6. The van der Waals surface area contributed by atoms with E-state index >= 15 is 0 Å². The Morgan fingerprint density at radius 2 is 2.10 bits per heavy atom. The fourth-order valence-corrected chi connectivity index (χ4v) is 1.81. The average Bonchev–Trinajstić information content (AvgIpc) is 2.93. The highest BCUT2D eigenvalue weighted by Gasteiger charge is 2.10. The third-order valence-corrected chi connectivity index (χ3v) is 3.01. The summed E-state index contributed by atoms with van der Waals surface area (Å²) in [7, 11) is 1.76. The van der Waals surface area contributed by atoms with Gasteiger partial charge in [0.25, 0.3) is 0 Å². The van der Waals surface area contributed by atoms with E-state index in [4.69, 9.17) is 0 Å². The van der Waals surface area contributed by atoms with E-state index < -0.39 is 0 Å². The first-order chi connectivity index (χ1) is 9.70. The Hall–Kier alpha value is -2.43. The van der Waals surface area contributed by atoms with Gasteiger partial charge in [-0.15, -0.1) is 10.2 Å². The number of aryl methyl sites for hydroxylation is 1. The molecule has 5 heteroatoms. The zero-order valence-corrected chi connectivity index (χ0v) is 11.7. The molecule has 104 valence electrons. The molecule has 0 aliphatic rings. The largest absolute Gasteiger partial charge is 0.335 e. The molecule has 1 amide bonds. The molecule has 20 heavy (non-hydrogen) atoms. The molecule has 1 aromatic carbocycles. The number of hydrogen-bond acceptors (Lipinski definition) is 3. The smallest absolute Gasteiger partial charge is 0.246 e. The van der Waals surface area contributed by atoms with Gasteiger partial charge < -0.3 is 9.47 Å². The molecule has 0 radical (unpaired) electrons. The summed E-state index contributed by atoms with van der Waals surface area (Å²) in [5.74, 6) is 0.732. The fraction of sp³-hybridized carbons (Fsp3) is 0.267. The lowest BCUT2D eigenvalue weighted by Crippen LogP contribution is -2.25. The van der Waals surface area contributed by atoms with Gasteiger partial charge in [-0.3, -0.25) is 4.79 Å². The summed E-state index contributed by atoms with van der Waals surface area (Å²) in [6.07, 6.45) is 5.05. The number of hydrogen-bond donors (Lipinski definition) is 0. The van der Waals surface area contributed by atoms with Crippen LogP contribution in [0, 0.1) is 0 Å². The number of likely N-dealkylation sites (N-methyl/N-ethyl adjacent to an activating group) is 1. The molecule has 5 nitrogen and oxygen atoms in total. The van der Waals surface area contributed by atoms with Crippen LogP contribution in [0.25, 0.3) is 6.08 Å². The monoisotopic (exact) mass is 270 g/mol. The van der Waals surface area contributed by atoms with Crippen LogP contribution in [0.4, 0.5) is 0 Å². The van der Waals surface area contributed by atoms with E-state index in [2.05, 4.69) is 10.2 Å². The van der Waals surface area contributed by atoms with Crippen LogP contribution in [-0.2, 0) is 17.9 Å². The summed E-state index contributed by atoms with van der Waals surface area (Å²) in [6.45, 7) is 3.26. The van der Waals surface area contributed by atoms with Crippen LogP contribution in [0.5, 0.6) is 0 Å². The van der Waals surface area contributed by atoms with Gasteiger partial charge in [-0.2, -0.15) is 0 Å². The number of carbonyl (C=O) groups is 1. The Morgan fingerprint density at radius 1 is 1.35 bits per heavy atom. The van der Waals surface area contributed by atoms with E-state index in [0.717, 1.165) is 17.9 Å². The summed E-state index contributed by atoms with van der Waals surface area (Å²) < 4.78 is 1.92. The normalized spacial score (nSPS) is 10.9. The highest BCUT2D eigenvalue weighted by molar-refractivity contribution is 5.91. The molecule has 0 bridgehead atoms. The lowest BCUT2D eigenvalue weighted by molar-refractivity contribution is -0.125. The molecule has 0 N–H and O–H groups in total. The first kappa shape index (κ1) is 14.0. The van der Waals surface area contributed by atoms with Gasteiger partial charge in [0.1, 0.15) is 6.33 Å². The average molecular weight is 270 g/mol. The lowest BCUT2D eigenvalue weighted by Gasteiger charge is -2.14. The Kier molecular flexibility index (Phi) is 4.65. The number of nitrogens with zero attached hydrogens (tertiary/aromatic N) is 4. The Balaban J connectivity index is 1.97. The second kappa shape index (κ2) is 6.65. The van der Waals surface area contributed by atoms with Gasteiger partial charge in [-0.05, 0) is 18.6 Å². The van der Waals surface area contributed by atoms with Crippen molar-refractivity contribution in [3.8, 4) is 0 Å². The predicted molar refractivity (Wildman–Crippen MR) is 77.6 cm³/mol. The standard InChI is InChI=1S/C15H18N4O/c1-3-19-12-16-17-14(19)11-18(2)15(20)10-9-13-7-5-4-6-8-13/h4-10,12H,3,11H2,1-2H3. The first-order valence-electron chi connectivity index (χ1n) is 6.55. The van der Waals surface area contributed by atoms with Crippen molar-refractivity contribution < 1.29 is 4.79 Å². The van der Waals surface area contributed by atoms with Gasteiger partial charge in [-0.25, -0.2) is 0 Å². The van der Waals surface area contributed by atoms with Crippen LogP contribution in [0.2, 0.25) is 0 Å². The van der Waals surface area contributed by atoms with Gasteiger partial charge >= 0.3 is 0 Å². The number of rotatable bonds is 5. The maximum Gasteiger partial charge on any atom is 0.246 e. The van der Waals surface area contributed by atoms with Crippen LogP contribution < -0.4 is 0 Å². The van der Waals surface area contributed by atoms with E-state index in [1.807, 2.05) is 47.9 Å². The first-order valence-corrected chi connectivity index (χ1v) is 6.55. The van der Waals surface area contributed by atoms with Gasteiger partial charge in [0.05, 0.1) is 6.54 Å². The summed E-state index contributed by atoms with van der Waals surface area (Å²) in [5.41, 5.74) is 1.01. The molecule has 0 unspecified atom stereocenters. The van der Waals surface area contributed by atoms with Crippen LogP contribution in [0.1, 0.15) is 18.3 Å². The number of amides is 1. The summed E-state index contributed by atoms with van der Waals surface area (Å²) in [5, 5.41) is 7.88. The van der Waals surface area contributed by atoms with E-state index in [-0.39, 0.29) is 5.91 Å². The van der Waals surface area contributed by atoms with Gasteiger partial charge in [0.15, 0.2) is 5.82 Å². The van der Waals surface area contributed by atoms with Gasteiger partial charge in [-0.1, -0.05) is 30.3 Å². The topological polar surface area (TPSA) is 51.0 Å². The molecule has 0 saturated heterocycles. The number of carbonyl (C=O) groups excluding carboxylic acids is 1. The highest BCUT2D eigenvalue weighted by atomic mass is 16.2.